The summed E-state index contributed by atoms with van der Waals surface area (Å²) in [5.74, 6) is 0.688. The number of aliphatic hydroxyl groups excluding tert-OH is 1. The van der Waals surface area contributed by atoms with Crippen molar-refractivity contribution in [1.29, 1.82) is 0 Å². The van der Waals surface area contributed by atoms with Gasteiger partial charge in [-0.05, 0) is 36.8 Å². The van der Waals surface area contributed by atoms with E-state index in [-0.39, 0.29) is 0 Å². The number of rotatable bonds is 8. The van der Waals surface area contributed by atoms with Crippen LogP contribution in [0.4, 0.5) is 0 Å². The van der Waals surface area contributed by atoms with Crippen molar-refractivity contribution in [3.8, 4) is 0 Å². The van der Waals surface area contributed by atoms with Gasteiger partial charge in [-0.15, -0.1) is 11.3 Å². The Morgan fingerprint density at radius 1 is 1.47 bits per heavy atom. The fraction of sp³-hybridized carbons (Fsp3) is 0.714. The van der Waals surface area contributed by atoms with Crippen molar-refractivity contribution in [1.82, 2.24) is 5.32 Å². The lowest BCUT2D eigenvalue weighted by Crippen LogP contribution is -2.35. The van der Waals surface area contributed by atoms with Crippen LogP contribution in [-0.2, 0) is 16.1 Å². The van der Waals surface area contributed by atoms with E-state index in [0.717, 1.165) is 32.6 Å². The van der Waals surface area contributed by atoms with Crippen molar-refractivity contribution in [3.63, 3.8) is 0 Å². The number of thiophene rings is 1. The van der Waals surface area contributed by atoms with E-state index >= 15 is 0 Å². The van der Waals surface area contributed by atoms with Gasteiger partial charge in [-0.1, -0.05) is 6.07 Å². The van der Waals surface area contributed by atoms with Gasteiger partial charge in [0.05, 0.1) is 19.3 Å². The average molecular weight is 285 g/mol. The number of nitrogens with one attached hydrogen (secondary N) is 1. The van der Waals surface area contributed by atoms with E-state index < -0.39 is 6.10 Å². The molecule has 1 atom stereocenters. The monoisotopic (exact) mass is 285 g/mol. The Hall–Kier alpha value is -0.460. The third-order valence-electron chi connectivity index (χ3n) is 3.29. The van der Waals surface area contributed by atoms with Gasteiger partial charge in [-0.3, -0.25) is 0 Å². The fourth-order valence-electron chi connectivity index (χ4n) is 2.15. The van der Waals surface area contributed by atoms with Gasteiger partial charge >= 0.3 is 0 Å². The van der Waals surface area contributed by atoms with Gasteiger partial charge in [0.1, 0.15) is 0 Å². The molecule has 0 aromatic carbocycles. The maximum absolute atomic E-state index is 9.80. The minimum atomic E-state index is -0.431. The Morgan fingerprint density at radius 2 is 2.32 bits per heavy atom. The second-order valence-corrected chi connectivity index (χ2v) is 5.99. The first-order valence-electron chi connectivity index (χ1n) is 6.91. The van der Waals surface area contributed by atoms with Crippen LogP contribution in [0.2, 0.25) is 0 Å². The molecule has 0 spiro atoms. The lowest BCUT2D eigenvalue weighted by atomic mass is 10.0. The Morgan fingerprint density at radius 3 is 3.05 bits per heavy atom. The molecule has 1 saturated heterocycles. The van der Waals surface area contributed by atoms with E-state index in [2.05, 4.69) is 5.32 Å². The van der Waals surface area contributed by atoms with Gasteiger partial charge in [0.15, 0.2) is 0 Å². The molecule has 1 aromatic heterocycles. The number of aliphatic hydroxyl groups is 1. The topological polar surface area (TPSA) is 50.7 Å². The molecule has 4 nitrogen and oxygen atoms in total. The summed E-state index contributed by atoms with van der Waals surface area (Å²) in [6, 6.07) is 4.05. The third-order valence-corrected chi connectivity index (χ3v) is 4.14. The van der Waals surface area contributed by atoms with Crippen LogP contribution in [-0.4, -0.2) is 44.1 Å². The zero-order valence-corrected chi connectivity index (χ0v) is 12.0. The second kappa shape index (κ2) is 8.66. The predicted octanol–water partition coefficient (Wildman–Crippen LogP) is 1.64. The maximum atomic E-state index is 9.80. The molecule has 1 aromatic rings. The molecule has 0 aliphatic carbocycles. The number of hydrogen-bond acceptors (Lipinski definition) is 5. The molecule has 2 rings (SSSR count). The zero-order chi connectivity index (χ0) is 13.3. The molecule has 19 heavy (non-hydrogen) atoms. The second-order valence-electron chi connectivity index (χ2n) is 4.96. The van der Waals surface area contributed by atoms with Crippen molar-refractivity contribution >= 4 is 11.3 Å². The molecule has 0 radical (unpaired) electrons. The summed E-state index contributed by atoms with van der Waals surface area (Å²) in [5, 5.41) is 15.1. The van der Waals surface area contributed by atoms with Crippen LogP contribution < -0.4 is 5.32 Å². The smallest absolute Gasteiger partial charge is 0.0897 e. The molecule has 1 aliphatic rings. The van der Waals surface area contributed by atoms with Gasteiger partial charge < -0.3 is 19.9 Å². The summed E-state index contributed by atoms with van der Waals surface area (Å²) < 4.78 is 10.8. The number of hydrogen-bond donors (Lipinski definition) is 2. The summed E-state index contributed by atoms with van der Waals surface area (Å²) in [6.07, 6.45) is 1.82. The van der Waals surface area contributed by atoms with E-state index in [1.165, 1.54) is 4.88 Å². The van der Waals surface area contributed by atoms with E-state index in [9.17, 15) is 5.11 Å². The molecule has 5 heteroatoms. The highest BCUT2D eigenvalue weighted by Gasteiger charge is 2.13. The standard InChI is InChI=1S/C14H23NO3S/c16-13(10-18-11-14-2-1-7-19-14)9-15-8-12-3-5-17-6-4-12/h1-2,7,12-13,15-16H,3-6,8-11H2. The van der Waals surface area contributed by atoms with Gasteiger partial charge in [0.25, 0.3) is 0 Å². The molecule has 1 unspecified atom stereocenters. The molecular weight excluding hydrogens is 262 g/mol. The summed E-state index contributed by atoms with van der Waals surface area (Å²) in [7, 11) is 0. The van der Waals surface area contributed by atoms with Crippen molar-refractivity contribution < 1.29 is 14.6 Å². The molecule has 2 heterocycles. The first kappa shape index (κ1) is 14.9. The maximum Gasteiger partial charge on any atom is 0.0897 e. The molecule has 0 saturated carbocycles. The Labute approximate surface area is 118 Å². The first-order valence-corrected chi connectivity index (χ1v) is 7.79. The van der Waals surface area contributed by atoms with Crippen LogP contribution in [0.1, 0.15) is 17.7 Å². The highest BCUT2D eigenvalue weighted by atomic mass is 32.1. The predicted molar refractivity (Wildman–Crippen MR) is 76.4 cm³/mol. The van der Waals surface area contributed by atoms with E-state index in [0.29, 0.717) is 25.7 Å². The highest BCUT2D eigenvalue weighted by Crippen LogP contribution is 2.13. The summed E-state index contributed by atoms with van der Waals surface area (Å²) in [6.45, 7) is 4.29. The molecule has 1 fully saturated rings. The van der Waals surface area contributed by atoms with Crippen LogP contribution in [0.15, 0.2) is 17.5 Å². The van der Waals surface area contributed by atoms with Crippen molar-refractivity contribution in [2.45, 2.75) is 25.6 Å². The Bertz CT molecular complexity index is 325. The molecule has 0 bridgehead atoms. The van der Waals surface area contributed by atoms with Crippen molar-refractivity contribution in [2.24, 2.45) is 5.92 Å². The van der Waals surface area contributed by atoms with Crippen LogP contribution in [0, 0.1) is 5.92 Å². The van der Waals surface area contributed by atoms with Gasteiger partial charge in [-0.2, -0.15) is 0 Å². The lowest BCUT2D eigenvalue weighted by Gasteiger charge is -2.22. The summed E-state index contributed by atoms with van der Waals surface area (Å²) >= 11 is 1.68. The normalized spacial score (nSPS) is 18.6. The molecule has 1 aliphatic heterocycles. The molecule has 0 amide bonds. The van der Waals surface area contributed by atoms with E-state index in [4.69, 9.17) is 9.47 Å². The van der Waals surface area contributed by atoms with Crippen molar-refractivity contribution in [3.05, 3.63) is 22.4 Å². The van der Waals surface area contributed by atoms with E-state index in [1.807, 2.05) is 17.5 Å². The van der Waals surface area contributed by atoms with Gasteiger partial charge in [-0.25, -0.2) is 0 Å². The third kappa shape index (κ3) is 6.01. The van der Waals surface area contributed by atoms with Crippen molar-refractivity contribution in [2.75, 3.05) is 32.9 Å². The van der Waals surface area contributed by atoms with Crippen LogP contribution in [0.3, 0.4) is 0 Å². The lowest BCUT2D eigenvalue weighted by molar-refractivity contribution is 0.0275. The van der Waals surface area contributed by atoms with Crippen LogP contribution in [0.5, 0.6) is 0 Å². The van der Waals surface area contributed by atoms with Crippen LogP contribution >= 0.6 is 11.3 Å². The fourth-order valence-corrected chi connectivity index (χ4v) is 2.79. The molecule has 108 valence electrons. The first-order chi connectivity index (χ1) is 9.34. The largest absolute Gasteiger partial charge is 0.389 e. The average Bonchev–Trinajstić information content (AvgIpc) is 2.93. The van der Waals surface area contributed by atoms with Gasteiger partial charge in [0, 0.05) is 24.6 Å². The van der Waals surface area contributed by atoms with Gasteiger partial charge in [0.2, 0.25) is 0 Å². The molecular formula is C14H23NO3S. The Kier molecular flexibility index (Phi) is 6.81. The highest BCUT2D eigenvalue weighted by molar-refractivity contribution is 7.09. The zero-order valence-electron chi connectivity index (χ0n) is 11.2. The molecule has 2 N–H and O–H groups in total. The number of ether oxygens (including phenoxy) is 2. The minimum Gasteiger partial charge on any atom is -0.389 e. The minimum absolute atomic E-state index is 0.388. The van der Waals surface area contributed by atoms with Crippen LogP contribution in [0.25, 0.3) is 0 Å². The SMILES string of the molecule is OC(CNCC1CCOCC1)COCc1cccs1. The Balaban J connectivity index is 1.48. The summed E-state index contributed by atoms with van der Waals surface area (Å²) in [5.41, 5.74) is 0. The summed E-state index contributed by atoms with van der Waals surface area (Å²) in [4.78, 5) is 1.20. The van der Waals surface area contributed by atoms with E-state index in [1.54, 1.807) is 11.3 Å². The quantitative estimate of drug-likeness (QED) is 0.762.